The number of piperidine rings is 2. The molecular formula is C52H69ClN12O6S2. The number of hydrogen-bond donors (Lipinski definition) is 4. The number of carbonyl (C=O) groups is 5. The van der Waals surface area contributed by atoms with Crippen molar-refractivity contribution in [1.29, 1.82) is 0 Å². The molecule has 8 rings (SSSR count). The van der Waals surface area contributed by atoms with Crippen LogP contribution in [0.1, 0.15) is 90.4 Å². The molecule has 392 valence electrons. The highest BCUT2D eigenvalue weighted by Gasteiger charge is 2.45. The van der Waals surface area contributed by atoms with Crippen LogP contribution in [0, 0.1) is 23.7 Å². The number of hydrogen-bond acceptors (Lipinski definition) is 15. The summed E-state index contributed by atoms with van der Waals surface area (Å²) in [5.74, 6) is -0.120. The van der Waals surface area contributed by atoms with E-state index >= 15 is 0 Å². The lowest BCUT2D eigenvalue weighted by atomic mass is 9.80. The Labute approximate surface area is 441 Å². The second-order valence-electron chi connectivity index (χ2n) is 21.3. The molecule has 0 saturated carbocycles. The maximum atomic E-state index is 14.3. The van der Waals surface area contributed by atoms with E-state index in [4.69, 9.17) is 27.3 Å². The van der Waals surface area contributed by atoms with E-state index in [9.17, 15) is 29.1 Å². The number of rotatable bonds is 14. The third-order valence-electron chi connectivity index (χ3n) is 14.9. The van der Waals surface area contributed by atoms with Gasteiger partial charge >= 0.3 is 0 Å². The highest BCUT2D eigenvalue weighted by atomic mass is 35.5. The largest absolute Gasteiger partial charge is 0.391 e. The van der Waals surface area contributed by atoms with Crippen molar-refractivity contribution in [2.45, 2.75) is 114 Å². The van der Waals surface area contributed by atoms with E-state index in [2.05, 4.69) is 37.3 Å². The molecule has 21 heteroatoms. The number of nitrogens with two attached hydrogens (primary N) is 1. The topological polar surface area (TPSA) is 223 Å². The maximum Gasteiger partial charge on any atom is 0.246 e. The van der Waals surface area contributed by atoms with Crippen LogP contribution in [0.25, 0.3) is 10.4 Å². The van der Waals surface area contributed by atoms with Gasteiger partial charge in [0.2, 0.25) is 29.5 Å². The number of aryl methyl sites for hydroxylation is 1. The summed E-state index contributed by atoms with van der Waals surface area (Å²) in [6.45, 7) is 16.1. The van der Waals surface area contributed by atoms with Gasteiger partial charge in [0, 0.05) is 89.3 Å². The number of aromatic nitrogens is 4. The smallest absolute Gasteiger partial charge is 0.246 e. The molecule has 0 radical (unpaired) electrons. The molecule has 1 aromatic carbocycles. The van der Waals surface area contributed by atoms with Crippen molar-refractivity contribution in [3.63, 3.8) is 0 Å². The number of amides is 5. The van der Waals surface area contributed by atoms with Crippen LogP contribution in [0.4, 0.5) is 11.6 Å². The van der Waals surface area contributed by atoms with Crippen molar-refractivity contribution in [3.05, 3.63) is 70.7 Å². The van der Waals surface area contributed by atoms with Crippen molar-refractivity contribution in [2.24, 2.45) is 22.5 Å². The summed E-state index contributed by atoms with van der Waals surface area (Å²) in [6, 6.07) is 6.80. The highest BCUT2D eigenvalue weighted by molar-refractivity contribution is 7.99. The third-order valence-corrected chi connectivity index (χ3v) is 17.3. The number of nitrogens with zero attached hydrogens (tertiary/aromatic N) is 9. The van der Waals surface area contributed by atoms with Gasteiger partial charge in [0.15, 0.2) is 0 Å². The quantitative estimate of drug-likeness (QED) is 0.126. The minimum atomic E-state index is -1.03. The lowest BCUT2D eigenvalue weighted by Crippen LogP contribution is -2.57. The Kier molecular flexibility index (Phi) is 17.0. The molecule has 5 amide bonds. The van der Waals surface area contributed by atoms with Crippen molar-refractivity contribution in [3.8, 4) is 10.4 Å². The number of nitrogens with one attached hydrogen (secondary N) is 2. The molecule has 18 nitrogen and oxygen atoms in total. The average Bonchev–Trinajstić information content (AvgIpc) is 4.01. The zero-order valence-corrected chi connectivity index (χ0v) is 45.1. The normalized spacial score (nSPS) is 20.4. The van der Waals surface area contributed by atoms with Crippen LogP contribution in [0.2, 0.25) is 5.02 Å². The number of thiazole rings is 1. The minimum Gasteiger partial charge on any atom is -0.391 e. The molecule has 0 aliphatic carbocycles. The maximum absolute atomic E-state index is 14.3. The molecule has 0 bridgehead atoms. The third kappa shape index (κ3) is 12.8. The second-order valence-corrected chi connectivity index (χ2v) is 23.6. The molecule has 4 saturated heterocycles. The van der Waals surface area contributed by atoms with E-state index < -0.39 is 41.5 Å². The fourth-order valence-electron chi connectivity index (χ4n) is 10.2. The van der Waals surface area contributed by atoms with Crippen molar-refractivity contribution >= 4 is 75.9 Å². The summed E-state index contributed by atoms with van der Waals surface area (Å²) >= 11 is 9.97. The van der Waals surface area contributed by atoms with Gasteiger partial charge in [0.05, 0.1) is 52.1 Å². The van der Waals surface area contributed by atoms with E-state index in [1.54, 1.807) is 22.8 Å². The number of aliphatic hydroxyl groups is 1. The predicted molar refractivity (Wildman–Crippen MR) is 283 cm³/mol. The molecule has 7 heterocycles. The van der Waals surface area contributed by atoms with Gasteiger partial charge in [-0.2, -0.15) is 0 Å². The number of benzene rings is 1. The molecule has 4 atom stereocenters. The lowest BCUT2D eigenvalue weighted by Gasteiger charge is -2.39. The summed E-state index contributed by atoms with van der Waals surface area (Å²) < 4.78 is 0. The van der Waals surface area contributed by atoms with Crippen molar-refractivity contribution in [1.82, 2.24) is 45.3 Å². The first-order valence-electron chi connectivity index (χ1n) is 25.3. The molecule has 0 unspecified atom stereocenters. The Balaban J connectivity index is 0.863. The van der Waals surface area contributed by atoms with Crippen LogP contribution in [0.3, 0.4) is 0 Å². The van der Waals surface area contributed by atoms with Crippen molar-refractivity contribution < 1.29 is 29.1 Å². The van der Waals surface area contributed by atoms with Gasteiger partial charge in [0.1, 0.15) is 28.7 Å². The van der Waals surface area contributed by atoms with Gasteiger partial charge in [0.25, 0.3) is 0 Å². The fourth-order valence-corrected chi connectivity index (χ4v) is 12.1. The van der Waals surface area contributed by atoms with Gasteiger partial charge in [-0.25, -0.2) is 19.9 Å². The zero-order valence-electron chi connectivity index (χ0n) is 42.7. The first-order chi connectivity index (χ1) is 34.8. The van der Waals surface area contributed by atoms with E-state index in [-0.39, 0.29) is 48.4 Å². The summed E-state index contributed by atoms with van der Waals surface area (Å²) in [4.78, 5) is 98.2. The lowest BCUT2D eigenvalue weighted by molar-refractivity contribution is -0.144. The van der Waals surface area contributed by atoms with Crippen molar-refractivity contribution in [2.75, 3.05) is 75.2 Å². The number of carbonyl (C=O) groups excluding carboxylic acids is 5. The molecule has 73 heavy (non-hydrogen) atoms. The Morgan fingerprint density at radius 1 is 0.904 bits per heavy atom. The molecular weight excluding hydrogens is 988 g/mol. The Bertz CT molecular complexity index is 2610. The number of halogens is 1. The first-order valence-corrected chi connectivity index (χ1v) is 27.4. The molecule has 0 spiro atoms. The van der Waals surface area contributed by atoms with E-state index in [1.807, 2.05) is 69.1 Å². The summed E-state index contributed by atoms with van der Waals surface area (Å²) in [7, 11) is 0. The van der Waals surface area contributed by atoms with Gasteiger partial charge in [-0.1, -0.05) is 75.3 Å². The monoisotopic (exact) mass is 1060 g/mol. The molecule has 3 aromatic heterocycles. The molecule has 4 aliphatic rings. The number of anilines is 2. The summed E-state index contributed by atoms with van der Waals surface area (Å²) in [6.07, 6.45) is 7.65. The Hall–Kier alpha value is -5.41. The molecule has 4 aromatic rings. The van der Waals surface area contributed by atoms with Crippen LogP contribution in [0.15, 0.2) is 64.4 Å². The predicted octanol–water partition coefficient (Wildman–Crippen LogP) is 5.32. The molecule has 4 fully saturated rings. The van der Waals surface area contributed by atoms with Crippen LogP contribution in [-0.4, -0.2) is 153 Å². The first kappa shape index (κ1) is 53.9. The Morgan fingerprint density at radius 3 is 2.19 bits per heavy atom. The number of aliphatic hydroxyl groups excluding tert-OH is 1. The number of piperazine rings is 1. The number of likely N-dealkylation sites (tertiary alicyclic amines) is 1. The Morgan fingerprint density at radius 2 is 1.59 bits per heavy atom. The van der Waals surface area contributed by atoms with E-state index in [0.717, 1.165) is 57.8 Å². The number of β-amino-alcohol motifs (C(OH)–C–C–N with tert-alkyl or cyclic N) is 1. The molecule has 4 aliphatic heterocycles. The zero-order chi connectivity index (χ0) is 52.2. The average molecular weight is 1060 g/mol. The van der Waals surface area contributed by atoms with E-state index in [0.29, 0.717) is 75.1 Å². The minimum absolute atomic E-state index is 0.00618. The standard InChI is InChI=1S/C52H69ClN12O6S2/c1-32-45(72-31-58-32)35-9-7-34(8-10-35)38(60-48(69)39-25-37(67)29-65(39)50(71)46(51(3,4)5)59-33(2)66)26-43(68)62-21-23-64(24-22-62)49(70)36-12-17-63(18-13-36)47-44(53)40(11-16-55-47)73-42-28-56-41(27-57-42)61-19-14-52(6,30-54)15-20-61/h7-11,16,27-28,31,36-39,46,67H,12-15,17-26,29-30,54H2,1-6H3,(H,59,66)(H,60,69)/t37-,38+,39+,46-/m1/s1. The fraction of sp³-hybridized carbons (Fsp3) is 0.558. The van der Waals surface area contributed by atoms with Crippen LogP contribution < -0.4 is 26.2 Å². The van der Waals surface area contributed by atoms with E-state index in [1.165, 1.54) is 34.9 Å². The van der Waals surface area contributed by atoms with Gasteiger partial charge in [-0.15, -0.1) is 11.3 Å². The van der Waals surface area contributed by atoms with Gasteiger partial charge in [-0.05, 0) is 67.2 Å². The SMILES string of the molecule is CC(=O)N[C@H](C(=O)N1C[C@H](O)C[C@H]1C(=O)N[C@@H](CC(=O)N1CCN(C(=O)C2CCN(c3nccc(Sc4cnc(N5CCC(C)(CN)CC5)cn4)c3Cl)CC2)CC1)c1ccc(-c2scnc2C)cc1)C(C)(C)C. The van der Waals surface area contributed by atoms with Gasteiger partial charge < -0.3 is 46.0 Å². The number of pyridine rings is 1. The van der Waals surface area contributed by atoms with Crippen LogP contribution in [-0.2, 0) is 24.0 Å². The summed E-state index contributed by atoms with van der Waals surface area (Å²) in [5, 5.41) is 17.9. The molecule has 5 N–H and O–H groups in total. The van der Waals surface area contributed by atoms with Gasteiger partial charge in [-0.3, -0.25) is 24.0 Å². The highest BCUT2D eigenvalue weighted by Crippen LogP contribution is 2.39. The van der Waals surface area contributed by atoms with Crippen LogP contribution in [0.5, 0.6) is 0 Å². The van der Waals surface area contributed by atoms with Crippen LogP contribution >= 0.6 is 34.7 Å². The summed E-state index contributed by atoms with van der Waals surface area (Å²) in [5.41, 5.74) is 9.84. The second kappa shape index (κ2) is 23.0.